The van der Waals surface area contributed by atoms with Crippen LogP contribution in [0.3, 0.4) is 0 Å². The van der Waals surface area contributed by atoms with Crippen molar-refractivity contribution in [2.24, 2.45) is 0 Å². The number of nitrogens with one attached hydrogen (secondary N) is 1. The van der Waals surface area contributed by atoms with Crippen LogP contribution < -0.4 is 14.4 Å². The fraction of sp³-hybridized carbons (Fsp3) is 0.269. The number of benzene rings is 3. The molecule has 0 aromatic heterocycles. The molecular formula is C26H30N2O4S. The highest BCUT2D eigenvalue weighted by Gasteiger charge is 2.29. The Bertz CT molecular complexity index is 1240. The Labute approximate surface area is 196 Å². The van der Waals surface area contributed by atoms with Gasteiger partial charge >= 0.3 is 0 Å². The molecule has 0 saturated heterocycles. The minimum Gasteiger partial charge on any atom is -0.495 e. The van der Waals surface area contributed by atoms with Crippen molar-refractivity contribution in [3.63, 3.8) is 0 Å². The molecule has 0 unspecified atom stereocenters. The van der Waals surface area contributed by atoms with E-state index in [1.54, 1.807) is 48.5 Å². The zero-order valence-corrected chi connectivity index (χ0v) is 20.4. The van der Waals surface area contributed by atoms with E-state index in [1.165, 1.54) is 7.11 Å². The zero-order chi connectivity index (χ0) is 24.2. The van der Waals surface area contributed by atoms with Crippen molar-refractivity contribution in [3.05, 3.63) is 89.0 Å². The maximum atomic E-state index is 13.6. The molecule has 0 heterocycles. The number of anilines is 1. The second-order valence-electron chi connectivity index (χ2n) is 8.15. The third-order valence-electron chi connectivity index (χ3n) is 5.52. The lowest BCUT2D eigenvalue weighted by atomic mass is 10.0. The van der Waals surface area contributed by atoms with Crippen molar-refractivity contribution in [1.29, 1.82) is 0 Å². The van der Waals surface area contributed by atoms with Crippen LogP contribution in [0.4, 0.5) is 5.69 Å². The fourth-order valence-electron chi connectivity index (χ4n) is 3.78. The van der Waals surface area contributed by atoms with Gasteiger partial charge in [0.05, 0.1) is 23.7 Å². The van der Waals surface area contributed by atoms with Crippen molar-refractivity contribution < 1.29 is 17.9 Å². The molecule has 0 aliphatic heterocycles. The lowest BCUT2D eigenvalue weighted by Crippen LogP contribution is -2.41. The molecule has 1 atom stereocenters. The first-order valence-corrected chi connectivity index (χ1v) is 12.2. The van der Waals surface area contributed by atoms with Crippen LogP contribution in [0.25, 0.3) is 0 Å². The van der Waals surface area contributed by atoms with Crippen LogP contribution >= 0.6 is 0 Å². The summed E-state index contributed by atoms with van der Waals surface area (Å²) >= 11 is 0. The van der Waals surface area contributed by atoms with Gasteiger partial charge in [0.15, 0.2) is 0 Å². The van der Waals surface area contributed by atoms with Crippen molar-refractivity contribution >= 4 is 21.6 Å². The molecule has 3 aromatic carbocycles. The Balaban J connectivity index is 1.94. The summed E-state index contributed by atoms with van der Waals surface area (Å²) in [7, 11) is -2.55. The van der Waals surface area contributed by atoms with Crippen LogP contribution in [0.5, 0.6) is 5.75 Å². The molecule has 174 valence electrons. The minimum atomic E-state index is -4.02. The molecule has 0 radical (unpaired) electrons. The van der Waals surface area contributed by atoms with Gasteiger partial charge in [0.25, 0.3) is 10.0 Å². The molecule has 33 heavy (non-hydrogen) atoms. The Hall–Kier alpha value is -3.32. The van der Waals surface area contributed by atoms with E-state index in [-0.39, 0.29) is 17.5 Å². The van der Waals surface area contributed by atoms with E-state index in [2.05, 4.69) is 11.4 Å². The predicted octanol–water partition coefficient (Wildman–Crippen LogP) is 4.69. The number of ether oxygens (including phenoxy) is 1. The molecule has 0 aliphatic rings. The molecule has 6 nitrogen and oxygen atoms in total. The van der Waals surface area contributed by atoms with Crippen molar-refractivity contribution in [1.82, 2.24) is 5.32 Å². The molecule has 0 fully saturated rings. The summed E-state index contributed by atoms with van der Waals surface area (Å²) in [6, 6.07) is 19.1. The van der Waals surface area contributed by atoms with E-state index < -0.39 is 15.9 Å². The maximum Gasteiger partial charge on any atom is 0.264 e. The zero-order valence-electron chi connectivity index (χ0n) is 19.6. The Kier molecular flexibility index (Phi) is 7.43. The molecule has 3 aromatic rings. The van der Waals surface area contributed by atoms with Crippen molar-refractivity contribution in [3.8, 4) is 5.75 Å². The van der Waals surface area contributed by atoms with Gasteiger partial charge in [-0.05, 0) is 63.1 Å². The van der Waals surface area contributed by atoms with Crippen LogP contribution in [0.1, 0.15) is 35.2 Å². The van der Waals surface area contributed by atoms with Gasteiger partial charge < -0.3 is 10.1 Å². The molecule has 1 N–H and O–H groups in total. The highest BCUT2D eigenvalue weighted by molar-refractivity contribution is 7.92. The topological polar surface area (TPSA) is 75.7 Å². The van der Waals surface area contributed by atoms with E-state index in [0.29, 0.717) is 11.4 Å². The minimum absolute atomic E-state index is 0.106. The van der Waals surface area contributed by atoms with E-state index in [1.807, 2.05) is 39.8 Å². The molecule has 0 saturated carbocycles. The number of nitrogens with zero attached hydrogens (tertiary/aromatic N) is 1. The summed E-state index contributed by atoms with van der Waals surface area (Å²) < 4.78 is 33.7. The summed E-state index contributed by atoms with van der Waals surface area (Å²) in [5.41, 5.74) is 4.44. The van der Waals surface area contributed by atoms with Crippen LogP contribution in [-0.4, -0.2) is 28.0 Å². The van der Waals surface area contributed by atoms with Crippen LogP contribution in [0.2, 0.25) is 0 Å². The largest absolute Gasteiger partial charge is 0.495 e. The number of aryl methyl sites for hydroxylation is 3. The number of para-hydroxylation sites is 2. The summed E-state index contributed by atoms with van der Waals surface area (Å²) in [6.07, 6.45) is 0. The van der Waals surface area contributed by atoms with Gasteiger partial charge in [-0.3, -0.25) is 9.10 Å². The highest BCUT2D eigenvalue weighted by atomic mass is 32.2. The number of methoxy groups -OCH3 is 1. The second kappa shape index (κ2) is 10.1. The summed E-state index contributed by atoms with van der Waals surface area (Å²) in [5.74, 6) is -0.0486. The average molecular weight is 467 g/mol. The van der Waals surface area contributed by atoms with E-state index in [9.17, 15) is 13.2 Å². The molecule has 0 spiro atoms. The van der Waals surface area contributed by atoms with Gasteiger partial charge in [-0.1, -0.05) is 53.6 Å². The van der Waals surface area contributed by atoms with Crippen LogP contribution in [-0.2, 0) is 14.8 Å². The van der Waals surface area contributed by atoms with Gasteiger partial charge in [-0.2, -0.15) is 0 Å². The van der Waals surface area contributed by atoms with E-state index in [0.717, 1.165) is 26.6 Å². The van der Waals surface area contributed by atoms with Crippen molar-refractivity contribution in [2.75, 3.05) is 18.0 Å². The number of amides is 1. The molecule has 7 heteroatoms. The van der Waals surface area contributed by atoms with Crippen LogP contribution in [0.15, 0.2) is 71.6 Å². The molecule has 0 aliphatic carbocycles. The molecule has 3 rings (SSSR count). The first kappa shape index (κ1) is 24.3. The van der Waals surface area contributed by atoms with E-state index in [4.69, 9.17) is 4.74 Å². The first-order chi connectivity index (χ1) is 15.6. The van der Waals surface area contributed by atoms with Gasteiger partial charge in [0.1, 0.15) is 12.3 Å². The number of carbonyl (C=O) groups excluding carboxylic acids is 1. The Morgan fingerprint density at radius 3 is 2.24 bits per heavy atom. The third-order valence-corrected chi connectivity index (χ3v) is 7.29. The van der Waals surface area contributed by atoms with Gasteiger partial charge in [0.2, 0.25) is 5.91 Å². The lowest BCUT2D eigenvalue weighted by Gasteiger charge is -2.26. The predicted molar refractivity (Wildman–Crippen MR) is 131 cm³/mol. The quantitative estimate of drug-likeness (QED) is 0.522. The number of hydrogen-bond acceptors (Lipinski definition) is 4. The third kappa shape index (κ3) is 5.54. The first-order valence-electron chi connectivity index (χ1n) is 10.7. The number of rotatable bonds is 8. The summed E-state index contributed by atoms with van der Waals surface area (Å²) in [4.78, 5) is 13.2. The lowest BCUT2D eigenvalue weighted by molar-refractivity contribution is -0.120. The van der Waals surface area contributed by atoms with E-state index >= 15 is 0 Å². The van der Waals surface area contributed by atoms with Crippen LogP contribution in [0, 0.1) is 20.8 Å². The normalized spacial score (nSPS) is 12.2. The average Bonchev–Trinajstić information content (AvgIpc) is 2.77. The van der Waals surface area contributed by atoms with Gasteiger partial charge in [-0.15, -0.1) is 0 Å². The Morgan fingerprint density at radius 2 is 1.61 bits per heavy atom. The molecular weight excluding hydrogens is 436 g/mol. The molecule has 0 bridgehead atoms. The number of hydrogen-bond donors (Lipinski definition) is 1. The molecule has 1 amide bonds. The SMILES string of the molecule is COc1ccccc1N(CC(=O)N[C@H](C)c1ccc(C)cc1C)S(=O)(=O)c1ccc(C)cc1. The van der Waals surface area contributed by atoms with Crippen molar-refractivity contribution in [2.45, 2.75) is 38.6 Å². The summed E-state index contributed by atoms with van der Waals surface area (Å²) in [6.45, 7) is 7.40. The van der Waals surface area contributed by atoms with Gasteiger partial charge in [0, 0.05) is 0 Å². The number of carbonyl (C=O) groups is 1. The number of sulfonamides is 1. The van der Waals surface area contributed by atoms with Gasteiger partial charge in [-0.25, -0.2) is 8.42 Å². The summed E-state index contributed by atoms with van der Waals surface area (Å²) in [5, 5.41) is 2.94. The maximum absolute atomic E-state index is 13.6. The monoisotopic (exact) mass is 466 g/mol. The smallest absolute Gasteiger partial charge is 0.264 e. The fourth-order valence-corrected chi connectivity index (χ4v) is 5.21. The Morgan fingerprint density at radius 1 is 0.970 bits per heavy atom. The highest BCUT2D eigenvalue weighted by Crippen LogP contribution is 2.32. The standard InChI is InChI=1S/C26H30N2O4S/c1-18-10-13-22(14-11-18)33(30,31)28(24-8-6-7-9-25(24)32-5)17-26(29)27-21(4)23-15-12-19(2)16-20(23)3/h6-16,21H,17H2,1-5H3,(H,27,29)/t21-/m1/s1. The second-order valence-corrected chi connectivity index (χ2v) is 10.0.